The molecule has 1 heterocycles. The van der Waals surface area contributed by atoms with E-state index >= 15 is 0 Å². The van der Waals surface area contributed by atoms with Crippen molar-refractivity contribution in [2.45, 2.75) is 19.5 Å². The Morgan fingerprint density at radius 2 is 1.76 bits per heavy atom. The molecule has 0 saturated carbocycles. The molecule has 1 aliphatic heterocycles. The summed E-state index contributed by atoms with van der Waals surface area (Å²) >= 11 is 0. The lowest BCUT2D eigenvalue weighted by molar-refractivity contribution is -0.529. The zero-order valence-corrected chi connectivity index (χ0v) is 14.5. The van der Waals surface area contributed by atoms with Crippen LogP contribution in [0.2, 0.25) is 0 Å². The van der Waals surface area contributed by atoms with Gasteiger partial charge in [0.25, 0.3) is 0 Å². The van der Waals surface area contributed by atoms with Gasteiger partial charge in [-0.15, -0.1) is 0 Å². The summed E-state index contributed by atoms with van der Waals surface area (Å²) in [6.45, 7) is 5.03. The van der Waals surface area contributed by atoms with Crippen molar-refractivity contribution in [3.63, 3.8) is 0 Å². The summed E-state index contributed by atoms with van der Waals surface area (Å²) in [5.41, 5.74) is 2.33. The van der Waals surface area contributed by atoms with Gasteiger partial charge >= 0.3 is 0 Å². The first-order valence-electron chi connectivity index (χ1n) is 8.82. The van der Waals surface area contributed by atoms with E-state index in [2.05, 4.69) is 65.2 Å². The van der Waals surface area contributed by atoms with Gasteiger partial charge in [-0.05, 0) is 23.8 Å². The normalized spacial score (nSPS) is 15.4. The fourth-order valence-electron chi connectivity index (χ4n) is 3.65. The molecule has 0 unspecified atom stereocenters. The average Bonchev–Trinajstić information content (AvgIpc) is 3.10. The zero-order valence-electron chi connectivity index (χ0n) is 14.5. The standard InChI is InChI=1S/C22H22N2O/c1-17(20-10-4-5-12-22(20)25)24-14-13-23(16-24)15-19-9-6-8-18-7-2-3-11-21(18)19/h2-12,16-17H,13-15H2,1H3/p+1/t17-/m1/s1. The Morgan fingerprint density at radius 1 is 1.00 bits per heavy atom. The lowest BCUT2D eigenvalue weighted by Gasteiger charge is -2.17. The van der Waals surface area contributed by atoms with E-state index in [1.54, 1.807) is 6.07 Å². The summed E-state index contributed by atoms with van der Waals surface area (Å²) in [5.74, 6) is 0.371. The molecule has 0 amide bonds. The summed E-state index contributed by atoms with van der Waals surface area (Å²) < 4.78 is 2.36. The Labute approximate surface area is 148 Å². The topological polar surface area (TPSA) is 26.5 Å². The van der Waals surface area contributed by atoms with E-state index in [0.29, 0.717) is 5.75 Å². The fraction of sp³-hybridized carbons (Fsp3) is 0.227. The van der Waals surface area contributed by atoms with Gasteiger partial charge in [0, 0.05) is 11.1 Å². The van der Waals surface area contributed by atoms with Crippen molar-refractivity contribution in [1.29, 1.82) is 0 Å². The van der Waals surface area contributed by atoms with Crippen molar-refractivity contribution in [1.82, 2.24) is 4.90 Å². The Morgan fingerprint density at radius 3 is 2.64 bits per heavy atom. The largest absolute Gasteiger partial charge is 0.508 e. The lowest BCUT2D eigenvalue weighted by atomic mass is 10.0. The minimum absolute atomic E-state index is 0.165. The second-order valence-electron chi connectivity index (χ2n) is 6.70. The van der Waals surface area contributed by atoms with E-state index in [-0.39, 0.29) is 6.04 Å². The lowest BCUT2D eigenvalue weighted by Crippen LogP contribution is -2.23. The number of hydrogen-bond acceptors (Lipinski definition) is 2. The van der Waals surface area contributed by atoms with Crippen LogP contribution < -0.4 is 0 Å². The van der Waals surface area contributed by atoms with Gasteiger partial charge in [-0.1, -0.05) is 60.7 Å². The molecule has 0 aromatic heterocycles. The molecule has 3 aromatic carbocycles. The van der Waals surface area contributed by atoms with Crippen LogP contribution in [0, 0.1) is 0 Å². The molecule has 3 aromatic rings. The molecule has 0 saturated heterocycles. The van der Waals surface area contributed by atoms with Crippen molar-refractivity contribution in [3.05, 3.63) is 77.9 Å². The first-order chi connectivity index (χ1) is 12.2. The molecule has 0 bridgehead atoms. The highest BCUT2D eigenvalue weighted by molar-refractivity contribution is 5.85. The van der Waals surface area contributed by atoms with Crippen molar-refractivity contribution < 1.29 is 9.68 Å². The second-order valence-corrected chi connectivity index (χ2v) is 6.70. The molecular weight excluding hydrogens is 308 g/mol. The molecule has 0 fully saturated rings. The van der Waals surface area contributed by atoms with Gasteiger partial charge in [0.15, 0.2) is 0 Å². The second kappa shape index (κ2) is 6.60. The third-order valence-corrected chi connectivity index (χ3v) is 5.09. The van der Waals surface area contributed by atoms with Gasteiger partial charge in [0.05, 0.1) is 0 Å². The summed E-state index contributed by atoms with van der Waals surface area (Å²) in [6, 6.07) is 22.8. The van der Waals surface area contributed by atoms with E-state index in [1.165, 1.54) is 16.3 Å². The Hall–Kier alpha value is -2.81. The number of hydrogen-bond donors (Lipinski definition) is 1. The Kier molecular flexibility index (Phi) is 4.14. The predicted molar refractivity (Wildman–Crippen MR) is 102 cm³/mol. The number of fused-ring (bicyclic) bond motifs is 1. The third kappa shape index (κ3) is 3.10. The molecule has 0 radical (unpaired) electrons. The van der Waals surface area contributed by atoms with Crippen LogP contribution in [0.3, 0.4) is 0 Å². The quantitative estimate of drug-likeness (QED) is 0.727. The first-order valence-corrected chi connectivity index (χ1v) is 8.82. The van der Waals surface area contributed by atoms with Gasteiger partial charge in [-0.3, -0.25) is 9.48 Å². The molecule has 25 heavy (non-hydrogen) atoms. The van der Waals surface area contributed by atoms with Crippen molar-refractivity contribution in [2.24, 2.45) is 0 Å². The summed E-state index contributed by atoms with van der Waals surface area (Å²) in [5, 5.41) is 12.7. The molecule has 1 aliphatic rings. The van der Waals surface area contributed by atoms with E-state index in [0.717, 1.165) is 25.2 Å². The average molecular weight is 331 g/mol. The monoisotopic (exact) mass is 331 g/mol. The number of benzene rings is 3. The fourth-order valence-corrected chi connectivity index (χ4v) is 3.65. The minimum atomic E-state index is 0.165. The highest BCUT2D eigenvalue weighted by Gasteiger charge is 2.27. The predicted octanol–water partition coefficient (Wildman–Crippen LogP) is 4.16. The van der Waals surface area contributed by atoms with Crippen molar-refractivity contribution in [3.8, 4) is 5.75 Å². The van der Waals surface area contributed by atoms with Crippen molar-refractivity contribution >= 4 is 17.1 Å². The summed E-state index contributed by atoms with van der Waals surface area (Å²) in [7, 11) is 0. The summed E-state index contributed by atoms with van der Waals surface area (Å²) in [6.07, 6.45) is 2.21. The van der Waals surface area contributed by atoms with E-state index in [9.17, 15) is 5.11 Å². The van der Waals surface area contributed by atoms with Gasteiger partial charge in [-0.2, -0.15) is 0 Å². The number of rotatable bonds is 4. The van der Waals surface area contributed by atoms with E-state index in [4.69, 9.17) is 0 Å². The molecule has 126 valence electrons. The first kappa shape index (κ1) is 15.7. The maximum atomic E-state index is 10.1. The molecule has 3 heteroatoms. The SMILES string of the molecule is C[C@H](c1ccccc1O)N1C=[N+](Cc2cccc3ccccc23)CC1. The van der Waals surface area contributed by atoms with Crippen molar-refractivity contribution in [2.75, 3.05) is 13.1 Å². The number of aromatic hydroxyl groups is 1. The van der Waals surface area contributed by atoms with Crippen LogP contribution in [0.5, 0.6) is 5.75 Å². The molecular formula is C22H23N2O+. The van der Waals surface area contributed by atoms with Crippen LogP contribution in [-0.4, -0.2) is 34.0 Å². The van der Waals surface area contributed by atoms with Crippen LogP contribution >= 0.6 is 0 Å². The Balaban J connectivity index is 1.56. The van der Waals surface area contributed by atoms with Crippen LogP contribution in [0.4, 0.5) is 0 Å². The number of phenols is 1. The number of para-hydroxylation sites is 1. The minimum Gasteiger partial charge on any atom is -0.508 e. The number of phenolic OH excluding ortho intramolecular Hbond substituents is 1. The van der Waals surface area contributed by atoms with Gasteiger partial charge in [0.1, 0.15) is 31.4 Å². The number of nitrogens with zero attached hydrogens (tertiary/aromatic N) is 2. The van der Waals surface area contributed by atoms with Crippen LogP contribution in [0.25, 0.3) is 10.8 Å². The highest BCUT2D eigenvalue weighted by Crippen LogP contribution is 2.28. The maximum Gasteiger partial charge on any atom is 0.235 e. The molecule has 3 nitrogen and oxygen atoms in total. The van der Waals surface area contributed by atoms with Gasteiger partial charge in [0.2, 0.25) is 6.34 Å². The van der Waals surface area contributed by atoms with E-state index < -0.39 is 0 Å². The van der Waals surface area contributed by atoms with Gasteiger partial charge < -0.3 is 5.11 Å². The Bertz CT molecular complexity index is 927. The highest BCUT2D eigenvalue weighted by atomic mass is 16.3. The van der Waals surface area contributed by atoms with Crippen LogP contribution in [0.1, 0.15) is 24.1 Å². The van der Waals surface area contributed by atoms with Crippen LogP contribution in [-0.2, 0) is 6.54 Å². The van der Waals surface area contributed by atoms with Crippen LogP contribution in [0.15, 0.2) is 66.7 Å². The van der Waals surface area contributed by atoms with E-state index in [1.807, 2.05) is 18.2 Å². The maximum absolute atomic E-state index is 10.1. The summed E-state index contributed by atoms with van der Waals surface area (Å²) in [4.78, 5) is 2.31. The smallest absolute Gasteiger partial charge is 0.235 e. The molecule has 1 N–H and O–H groups in total. The molecule has 0 spiro atoms. The molecule has 4 rings (SSSR count). The molecule has 1 atom stereocenters. The zero-order chi connectivity index (χ0) is 17.2. The van der Waals surface area contributed by atoms with Gasteiger partial charge in [-0.25, -0.2) is 0 Å². The third-order valence-electron chi connectivity index (χ3n) is 5.09. The molecule has 0 aliphatic carbocycles.